The van der Waals surface area contributed by atoms with Crippen molar-refractivity contribution in [1.82, 2.24) is 10.2 Å². The molecule has 41 heavy (non-hydrogen) atoms. The molecule has 1 N–H and O–H groups in total. The van der Waals surface area contributed by atoms with Crippen LogP contribution in [-0.2, 0) is 11.3 Å². The van der Waals surface area contributed by atoms with Gasteiger partial charge in [-0.15, -0.1) is 0 Å². The maximum absolute atomic E-state index is 13.7. The first-order valence-corrected chi connectivity index (χ1v) is 15.7. The van der Waals surface area contributed by atoms with Gasteiger partial charge in [-0.2, -0.15) is 0 Å². The third-order valence-corrected chi connectivity index (χ3v) is 9.34. The molecule has 1 saturated heterocycles. The summed E-state index contributed by atoms with van der Waals surface area (Å²) in [5, 5.41) is 3.08. The van der Waals surface area contributed by atoms with E-state index in [-0.39, 0.29) is 11.8 Å². The average Bonchev–Trinajstić information content (AvgIpc) is 2.99. The average molecular weight is 568 g/mol. The number of carbonyl (C=O) groups is 2. The van der Waals surface area contributed by atoms with E-state index in [1.54, 1.807) is 0 Å². The second kappa shape index (κ2) is 13.5. The Bertz CT molecular complexity index is 1420. The lowest BCUT2D eigenvalue weighted by atomic mass is 10.00. The lowest BCUT2D eigenvalue weighted by molar-refractivity contribution is -0.114. The number of thioether (sulfide) groups is 1. The number of hydrogen-bond acceptors (Lipinski definition) is 4. The molecule has 1 atom stereocenters. The van der Waals surface area contributed by atoms with Crippen LogP contribution in [0.3, 0.4) is 0 Å². The van der Waals surface area contributed by atoms with Crippen LogP contribution in [0.5, 0.6) is 0 Å². The summed E-state index contributed by atoms with van der Waals surface area (Å²) < 4.78 is 0. The van der Waals surface area contributed by atoms with Gasteiger partial charge in [0.1, 0.15) is 0 Å². The number of nitrogens with one attached hydrogen (secondary N) is 1. The van der Waals surface area contributed by atoms with Gasteiger partial charge in [-0.3, -0.25) is 9.59 Å². The summed E-state index contributed by atoms with van der Waals surface area (Å²) in [6, 6.07) is 22.7. The molecule has 5 nitrogen and oxygen atoms in total. The maximum Gasteiger partial charge on any atom is 0.265 e. The van der Waals surface area contributed by atoms with Crippen LogP contribution in [-0.4, -0.2) is 42.4 Å². The number of carbonyl (C=O) groups excluding carboxylic acids is 2. The number of fused-ring (bicyclic) bond motifs is 1. The number of amides is 2. The fourth-order valence-electron chi connectivity index (χ4n) is 5.85. The van der Waals surface area contributed by atoms with Gasteiger partial charge >= 0.3 is 0 Å². The molecule has 214 valence electrons. The van der Waals surface area contributed by atoms with E-state index < -0.39 is 0 Å². The molecule has 2 heterocycles. The Hall–Kier alpha value is -3.35. The van der Waals surface area contributed by atoms with Crippen molar-refractivity contribution in [3.05, 3.63) is 99.5 Å². The minimum absolute atomic E-state index is 0.00422. The Labute approximate surface area is 249 Å². The van der Waals surface area contributed by atoms with Crippen molar-refractivity contribution < 1.29 is 9.59 Å². The molecular formula is C35H41N3O2S. The van der Waals surface area contributed by atoms with Gasteiger partial charge in [0.25, 0.3) is 11.8 Å². The summed E-state index contributed by atoms with van der Waals surface area (Å²) in [7, 11) is 0. The molecular weight excluding hydrogens is 526 g/mol. The highest BCUT2D eigenvalue weighted by atomic mass is 32.2. The topological polar surface area (TPSA) is 52.7 Å². The summed E-state index contributed by atoms with van der Waals surface area (Å²) in [6.07, 6.45) is 8.02. The smallest absolute Gasteiger partial charge is 0.265 e. The number of para-hydroxylation sites is 1. The van der Waals surface area contributed by atoms with E-state index in [1.807, 2.05) is 53.4 Å². The van der Waals surface area contributed by atoms with Crippen LogP contribution >= 0.6 is 11.8 Å². The van der Waals surface area contributed by atoms with Crippen LogP contribution < -0.4 is 10.2 Å². The molecule has 0 saturated carbocycles. The Morgan fingerprint density at radius 1 is 1.05 bits per heavy atom. The van der Waals surface area contributed by atoms with Crippen molar-refractivity contribution in [3.63, 3.8) is 0 Å². The molecule has 0 aliphatic carbocycles. The van der Waals surface area contributed by atoms with Crippen molar-refractivity contribution in [3.8, 4) is 0 Å². The number of likely N-dealkylation sites (tertiary alicyclic amines) is 1. The van der Waals surface area contributed by atoms with Gasteiger partial charge in [0.05, 0.1) is 17.1 Å². The molecule has 3 aromatic rings. The van der Waals surface area contributed by atoms with Gasteiger partial charge in [0.2, 0.25) is 0 Å². The highest BCUT2D eigenvalue weighted by Crippen LogP contribution is 2.42. The number of hydrogen-bond donors (Lipinski definition) is 1. The van der Waals surface area contributed by atoms with E-state index in [1.165, 1.54) is 55.1 Å². The zero-order valence-corrected chi connectivity index (χ0v) is 25.3. The predicted octanol–water partition coefficient (Wildman–Crippen LogP) is 7.37. The normalized spacial score (nSPS) is 18.4. The quantitative estimate of drug-likeness (QED) is 0.217. The highest BCUT2D eigenvalue weighted by Gasteiger charge is 2.29. The van der Waals surface area contributed by atoms with E-state index >= 15 is 0 Å². The number of piperidine rings is 1. The Balaban J connectivity index is 1.23. The molecule has 0 spiro atoms. The van der Waals surface area contributed by atoms with Crippen molar-refractivity contribution >= 4 is 35.3 Å². The largest absolute Gasteiger partial charge is 0.352 e. The van der Waals surface area contributed by atoms with E-state index in [4.69, 9.17) is 0 Å². The van der Waals surface area contributed by atoms with Crippen LogP contribution in [0.15, 0.2) is 76.5 Å². The fourth-order valence-corrected chi connectivity index (χ4v) is 6.90. The first-order valence-electron chi connectivity index (χ1n) is 14.9. The third kappa shape index (κ3) is 7.11. The molecule has 0 aromatic heterocycles. The van der Waals surface area contributed by atoms with Crippen LogP contribution in [0.4, 0.5) is 5.69 Å². The van der Waals surface area contributed by atoms with Gasteiger partial charge in [-0.1, -0.05) is 73.1 Å². The molecule has 5 rings (SSSR count). The summed E-state index contributed by atoms with van der Waals surface area (Å²) in [6.45, 7) is 9.87. The SMILES string of the molecule is CCC1CCCCN1CCCNC(=O)c1ccc(/C=C2/Sc3ccccc3N(Cc3cc(C)ccc3C)C2=O)cc1. The maximum atomic E-state index is 13.7. The number of anilines is 1. The van der Waals surface area contributed by atoms with Crippen LogP contribution in [0, 0.1) is 13.8 Å². The third-order valence-electron chi connectivity index (χ3n) is 8.26. The second-order valence-corrected chi connectivity index (χ2v) is 12.3. The summed E-state index contributed by atoms with van der Waals surface area (Å²) in [5.41, 5.74) is 5.99. The lowest BCUT2D eigenvalue weighted by Crippen LogP contribution is -2.40. The number of nitrogens with zero attached hydrogens (tertiary/aromatic N) is 2. The van der Waals surface area contributed by atoms with Gasteiger partial charge in [0.15, 0.2) is 0 Å². The van der Waals surface area contributed by atoms with Crippen LogP contribution in [0.1, 0.15) is 71.6 Å². The number of benzene rings is 3. The van der Waals surface area contributed by atoms with Gasteiger partial charge in [-0.05, 0) is 93.1 Å². The molecule has 0 bridgehead atoms. The van der Waals surface area contributed by atoms with Crippen molar-refractivity contribution in [2.45, 2.75) is 70.4 Å². The summed E-state index contributed by atoms with van der Waals surface area (Å²) in [4.78, 5) is 32.7. The first-order chi connectivity index (χ1) is 19.9. The Kier molecular flexibility index (Phi) is 9.63. The minimum atomic E-state index is -0.0494. The first kappa shape index (κ1) is 29.2. The van der Waals surface area contributed by atoms with E-state index in [2.05, 4.69) is 55.3 Å². The van der Waals surface area contributed by atoms with Crippen molar-refractivity contribution in [2.24, 2.45) is 0 Å². The molecule has 1 unspecified atom stereocenters. The van der Waals surface area contributed by atoms with Crippen LogP contribution in [0.2, 0.25) is 0 Å². The van der Waals surface area contributed by atoms with Gasteiger partial charge < -0.3 is 15.1 Å². The molecule has 0 radical (unpaired) electrons. The molecule has 2 aliphatic heterocycles. The number of rotatable bonds is 9. The zero-order chi connectivity index (χ0) is 28.8. The molecule has 1 fully saturated rings. The zero-order valence-electron chi connectivity index (χ0n) is 24.5. The van der Waals surface area contributed by atoms with Gasteiger partial charge in [-0.25, -0.2) is 0 Å². The fraction of sp³-hybridized carbons (Fsp3) is 0.371. The lowest BCUT2D eigenvalue weighted by Gasteiger charge is -2.35. The van der Waals surface area contributed by atoms with Crippen LogP contribution in [0.25, 0.3) is 6.08 Å². The van der Waals surface area contributed by atoms with E-state index in [9.17, 15) is 9.59 Å². The monoisotopic (exact) mass is 567 g/mol. The predicted molar refractivity (Wildman–Crippen MR) is 170 cm³/mol. The Morgan fingerprint density at radius 2 is 1.85 bits per heavy atom. The molecule has 6 heteroatoms. The Morgan fingerprint density at radius 3 is 2.66 bits per heavy atom. The molecule has 2 aliphatic rings. The minimum Gasteiger partial charge on any atom is -0.352 e. The second-order valence-electron chi connectivity index (χ2n) is 11.2. The highest BCUT2D eigenvalue weighted by molar-refractivity contribution is 8.04. The van der Waals surface area contributed by atoms with Crippen molar-refractivity contribution in [1.29, 1.82) is 0 Å². The van der Waals surface area contributed by atoms with Gasteiger partial charge in [0, 0.05) is 29.6 Å². The standard InChI is InChI=1S/C35H41N3O2S/c1-4-30-10-7-8-20-37(30)21-9-19-36-34(39)28-17-15-27(16-18-28)23-33-35(40)38(31-11-5-6-12-32(31)41-33)24-29-22-25(2)13-14-26(29)3/h5-6,11-18,22-23,30H,4,7-10,19-21,24H2,1-3H3,(H,36,39)/b33-23+. The van der Waals surface area contributed by atoms with Crippen molar-refractivity contribution in [2.75, 3.05) is 24.5 Å². The number of aryl methyl sites for hydroxylation is 2. The summed E-state index contributed by atoms with van der Waals surface area (Å²) in [5.74, 6) is -0.0536. The van der Waals surface area contributed by atoms with E-state index in [0.717, 1.165) is 34.7 Å². The summed E-state index contributed by atoms with van der Waals surface area (Å²) >= 11 is 1.51. The molecule has 3 aromatic carbocycles. The van der Waals surface area contributed by atoms with E-state index in [0.29, 0.717) is 29.6 Å². The molecule has 2 amide bonds.